The minimum atomic E-state index is -0.191. The predicted octanol–water partition coefficient (Wildman–Crippen LogP) is 1.07. The van der Waals surface area contributed by atoms with Gasteiger partial charge >= 0.3 is 0 Å². The highest BCUT2D eigenvalue weighted by Crippen LogP contribution is 2.18. The maximum absolute atomic E-state index is 9.70. The summed E-state index contributed by atoms with van der Waals surface area (Å²) in [6.45, 7) is 0.727. The molecule has 4 heteroatoms. The molecule has 0 saturated heterocycles. The van der Waals surface area contributed by atoms with E-state index in [1.807, 2.05) is 0 Å². The van der Waals surface area contributed by atoms with E-state index >= 15 is 0 Å². The van der Waals surface area contributed by atoms with Crippen molar-refractivity contribution in [2.24, 2.45) is 0 Å². The Kier molecular flexibility index (Phi) is 3.16. The van der Waals surface area contributed by atoms with Crippen LogP contribution in [0.5, 0.6) is 0 Å². The molecule has 4 nitrogen and oxygen atoms in total. The molecule has 1 aromatic heterocycles. The summed E-state index contributed by atoms with van der Waals surface area (Å²) in [7, 11) is 0. The summed E-state index contributed by atoms with van der Waals surface area (Å²) in [5, 5.41) is 16.6. The summed E-state index contributed by atoms with van der Waals surface area (Å²) in [6.07, 6.45) is 7.46. The van der Waals surface area contributed by atoms with Crippen LogP contribution in [-0.4, -0.2) is 22.4 Å². The molecular formula is C10H16N2O2. The van der Waals surface area contributed by atoms with Gasteiger partial charge in [-0.3, -0.25) is 0 Å². The molecule has 0 amide bonds. The van der Waals surface area contributed by atoms with Gasteiger partial charge in [-0.1, -0.05) is 18.0 Å². The van der Waals surface area contributed by atoms with Crippen molar-refractivity contribution < 1.29 is 9.63 Å². The van der Waals surface area contributed by atoms with Gasteiger partial charge in [0.1, 0.15) is 6.26 Å². The second kappa shape index (κ2) is 4.57. The number of nitrogens with one attached hydrogen (secondary N) is 1. The molecule has 0 radical (unpaired) electrons. The SMILES string of the molecule is O[C@H]1CCCC[C@@H]1NCc1cnoc1. The molecule has 0 aromatic carbocycles. The van der Waals surface area contributed by atoms with Gasteiger partial charge in [-0.15, -0.1) is 0 Å². The molecule has 0 spiro atoms. The fraction of sp³-hybridized carbons (Fsp3) is 0.700. The minimum absolute atomic E-state index is 0.191. The zero-order chi connectivity index (χ0) is 9.80. The lowest BCUT2D eigenvalue weighted by Crippen LogP contribution is -2.41. The van der Waals surface area contributed by atoms with Crippen molar-refractivity contribution in [3.05, 3.63) is 18.0 Å². The first-order valence-corrected chi connectivity index (χ1v) is 5.16. The van der Waals surface area contributed by atoms with E-state index in [4.69, 9.17) is 4.52 Å². The van der Waals surface area contributed by atoms with E-state index < -0.39 is 0 Å². The van der Waals surface area contributed by atoms with Crippen molar-refractivity contribution in [3.8, 4) is 0 Å². The third-order valence-electron chi connectivity index (χ3n) is 2.78. The molecule has 2 N–H and O–H groups in total. The molecule has 1 aliphatic rings. The fourth-order valence-corrected chi connectivity index (χ4v) is 1.91. The number of aromatic nitrogens is 1. The summed E-state index contributed by atoms with van der Waals surface area (Å²) in [4.78, 5) is 0. The maximum Gasteiger partial charge on any atom is 0.128 e. The Bertz CT molecular complexity index is 261. The number of hydrogen-bond donors (Lipinski definition) is 2. The van der Waals surface area contributed by atoms with Gasteiger partial charge in [-0.25, -0.2) is 0 Å². The molecule has 1 fully saturated rings. The Hall–Kier alpha value is -0.870. The highest BCUT2D eigenvalue weighted by molar-refractivity contribution is 5.00. The average molecular weight is 196 g/mol. The quantitative estimate of drug-likeness (QED) is 0.759. The standard InChI is InChI=1S/C10H16N2O2/c13-10-4-2-1-3-9(10)11-5-8-6-12-14-7-8/h6-7,9-11,13H,1-5H2/t9-,10-/m0/s1. The van der Waals surface area contributed by atoms with Crippen LogP contribution in [0.15, 0.2) is 17.0 Å². The van der Waals surface area contributed by atoms with E-state index in [1.54, 1.807) is 12.5 Å². The Balaban J connectivity index is 1.79. The van der Waals surface area contributed by atoms with Crippen molar-refractivity contribution in [3.63, 3.8) is 0 Å². The third-order valence-corrected chi connectivity index (χ3v) is 2.78. The number of rotatable bonds is 3. The van der Waals surface area contributed by atoms with Crippen LogP contribution in [0.2, 0.25) is 0 Å². The van der Waals surface area contributed by atoms with E-state index in [-0.39, 0.29) is 12.1 Å². The first kappa shape index (κ1) is 9.68. The normalized spacial score (nSPS) is 27.8. The smallest absolute Gasteiger partial charge is 0.128 e. The van der Waals surface area contributed by atoms with E-state index in [0.717, 1.165) is 31.4 Å². The van der Waals surface area contributed by atoms with Crippen molar-refractivity contribution >= 4 is 0 Å². The molecule has 2 atom stereocenters. The van der Waals surface area contributed by atoms with Crippen LogP contribution >= 0.6 is 0 Å². The summed E-state index contributed by atoms with van der Waals surface area (Å²) >= 11 is 0. The van der Waals surface area contributed by atoms with Crippen molar-refractivity contribution in [2.45, 2.75) is 44.4 Å². The maximum atomic E-state index is 9.70. The van der Waals surface area contributed by atoms with Gasteiger partial charge in [0.15, 0.2) is 0 Å². The van der Waals surface area contributed by atoms with Crippen molar-refractivity contribution in [1.82, 2.24) is 10.5 Å². The van der Waals surface area contributed by atoms with Gasteiger partial charge in [0.25, 0.3) is 0 Å². The average Bonchev–Trinajstić information content (AvgIpc) is 2.69. The van der Waals surface area contributed by atoms with Crippen LogP contribution in [0.1, 0.15) is 31.2 Å². The van der Waals surface area contributed by atoms with Crippen LogP contribution in [0.3, 0.4) is 0 Å². The molecule has 78 valence electrons. The molecule has 0 unspecified atom stereocenters. The molecule has 1 heterocycles. The molecule has 14 heavy (non-hydrogen) atoms. The second-order valence-electron chi connectivity index (χ2n) is 3.87. The van der Waals surface area contributed by atoms with Crippen molar-refractivity contribution in [1.29, 1.82) is 0 Å². The summed E-state index contributed by atoms with van der Waals surface area (Å²) < 4.78 is 4.73. The first-order valence-electron chi connectivity index (χ1n) is 5.16. The lowest BCUT2D eigenvalue weighted by molar-refractivity contribution is 0.0902. The van der Waals surface area contributed by atoms with E-state index in [0.29, 0.717) is 0 Å². The van der Waals surface area contributed by atoms with Crippen LogP contribution in [0, 0.1) is 0 Å². The highest BCUT2D eigenvalue weighted by atomic mass is 16.5. The fourth-order valence-electron chi connectivity index (χ4n) is 1.91. The Morgan fingerprint density at radius 3 is 3.07 bits per heavy atom. The number of aliphatic hydroxyl groups excluding tert-OH is 1. The predicted molar refractivity (Wildman–Crippen MR) is 51.6 cm³/mol. The third kappa shape index (κ3) is 2.33. The zero-order valence-corrected chi connectivity index (χ0v) is 8.15. The van der Waals surface area contributed by atoms with Crippen LogP contribution in [0.25, 0.3) is 0 Å². The number of aliphatic hydroxyl groups is 1. The van der Waals surface area contributed by atoms with Gasteiger partial charge in [-0.2, -0.15) is 0 Å². The number of nitrogens with zero attached hydrogens (tertiary/aromatic N) is 1. The lowest BCUT2D eigenvalue weighted by Gasteiger charge is -2.28. The molecule has 0 aliphatic heterocycles. The highest BCUT2D eigenvalue weighted by Gasteiger charge is 2.22. The zero-order valence-electron chi connectivity index (χ0n) is 8.15. The summed E-state index contributed by atoms with van der Waals surface area (Å²) in [6, 6.07) is 0.235. The van der Waals surface area contributed by atoms with Gasteiger partial charge < -0.3 is 14.9 Å². The van der Waals surface area contributed by atoms with Gasteiger partial charge in [0.05, 0.1) is 12.3 Å². The minimum Gasteiger partial charge on any atom is -0.392 e. The van der Waals surface area contributed by atoms with Crippen LogP contribution in [0.4, 0.5) is 0 Å². The lowest BCUT2D eigenvalue weighted by atomic mass is 9.92. The largest absolute Gasteiger partial charge is 0.392 e. The summed E-state index contributed by atoms with van der Waals surface area (Å²) in [5.41, 5.74) is 1.03. The number of hydrogen-bond acceptors (Lipinski definition) is 4. The monoisotopic (exact) mass is 196 g/mol. The van der Waals surface area contributed by atoms with Crippen molar-refractivity contribution in [2.75, 3.05) is 0 Å². The Labute approximate surface area is 83.3 Å². The topological polar surface area (TPSA) is 58.3 Å². The second-order valence-corrected chi connectivity index (χ2v) is 3.87. The van der Waals surface area contributed by atoms with E-state index in [1.165, 1.54) is 6.42 Å². The van der Waals surface area contributed by atoms with Gasteiger partial charge in [-0.05, 0) is 12.8 Å². The molecular weight excluding hydrogens is 180 g/mol. The molecule has 1 saturated carbocycles. The Morgan fingerprint density at radius 2 is 2.36 bits per heavy atom. The van der Waals surface area contributed by atoms with E-state index in [9.17, 15) is 5.11 Å². The molecule has 2 rings (SSSR count). The van der Waals surface area contributed by atoms with E-state index in [2.05, 4.69) is 10.5 Å². The molecule has 1 aliphatic carbocycles. The van der Waals surface area contributed by atoms with Crippen LogP contribution < -0.4 is 5.32 Å². The summed E-state index contributed by atoms with van der Waals surface area (Å²) in [5.74, 6) is 0. The van der Waals surface area contributed by atoms with Crippen LogP contribution in [-0.2, 0) is 6.54 Å². The van der Waals surface area contributed by atoms with Gasteiger partial charge in [0.2, 0.25) is 0 Å². The van der Waals surface area contributed by atoms with Gasteiger partial charge in [0, 0.05) is 18.2 Å². The first-order chi connectivity index (χ1) is 6.86. The molecule has 1 aromatic rings. The molecule has 0 bridgehead atoms. The Morgan fingerprint density at radius 1 is 1.50 bits per heavy atom.